The zero-order valence-corrected chi connectivity index (χ0v) is 16.6. The van der Waals surface area contributed by atoms with Gasteiger partial charge in [-0.3, -0.25) is 4.79 Å². The normalized spacial score (nSPS) is 28.6. The van der Waals surface area contributed by atoms with Crippen LogP contribution in [0.5, 0.6) is 0 Å². The highest BCUT2D eigenvalue weighted by atomic mass is 35.5. The van der Waals surface area contributed by atoms with Crippen LogP contribution in [-0.2, 0) is 9.53 Å². The van der Waals surface area contributed by atoms with Crippen molar-refractivity contribution in [3.8, 4) is 0 Å². The standard InChI is InChI=1S/C19H23ClN4O2S/c20-17-16-15(3-6-27-16)18(23-22-17)21-14-7-12-9-24(10-13(12)8-14)19(25)11-1-4-26-5-2-11/h3,6,11-14H,1-2,4-5,7-10H2,(H,21,23)/t12-,13?,14?/m1/s1. The predicted octanol–water partition coefficient (Wildman–Crippen LogP) is 3.42. The van der Waals surface area contributed by atoms with Crippen LogP contribution in [0.1, 0.15) is 25.7 Å². The zero-order chi connectivity index (χ0) is 18.4. The lowest BCUT2D eigenvalue weighted by molar-refractivity contribution is -0.137. The summed E-state index contributed by atoms with van der Waals surface area (Å²) in [4.78, 5) is 14.9. The maximum Gasteiger partial charge on any atom is 0.225 e. The second kappa shape index (κ2) is 7.18. The third-order valence-electron chi connectivity index (χ3n) is 6.32. The van der Waals surface area contributed by atoms with Gasteiger partial charge in [0.1, 0.15) is 0 Å². The van der Waals surface area contributed by atoms with Crippen LogP contribution in [0.3, 0.4) is 0 Å². The Morgan fingerprint density at radius 3 is 2.70 bits per heavy atom. The number of carbonyl (C=O) groups excluding carboxylic acids is 1. The van der Waals surface area contributed by atoms with Crippen molar-refractivity contribution in [3.05, 3.63) is 16.6 Å². The van der Waals surface area contributed by atoms with E-state index >= 15 is 0 Å². The Morgan fingerprint density at radius 2 is 1.96 bits per heavy atom. The molecule has 1 saturated carbocycles. The number of nitrogens with one attached hydrogen (secondary N) is 1. The molecule has 3 atom stereocenters. The number of rotatable bonds is 3. The smallest absolute Gasteiger partial charge is 0.225 e. The van der Waals surface area contributed by atoms with E-state index in [1.807, 2.05) is 11.4 Å². The summed E-state index contributed by atoms with van der Waals surface area (Å²) in [7, 11) is 0. The molecule has 144 valence electrons. The van der Waals surface area contributed by atoms with E-state index in [0.29, 0.717) is 28.9 Å². The Labute approximate surface area is 167 Å². The Hall–Kier alpha value is -1.44. The maximum absolute atomic E-state index is 12.8. The SMILES string of the molecule is O=C(C1CCOCC1)N1CC2CC(Nc3nnc(Cl)c4sccc34)C[C@@H]2C1. The van der Waals surface area contributed by atoms with Crippen LogP contribution in [-0.4, -0.2) is 53.3 Å². The number of aromatic nitrogens is 2. The minimum Gasteiger partial charge on any atom is -0.381 e. The molecule has 0 bridgehead atoms. The van der Waals surface area contributed by atoms with E-state index in [9.17, 15) is 4.79 Å². The molecule has 1 amide bonds. The average Bonchev–Trinajstić information content (AvgIpc) is 3.39. The number of amides is 1. The largest absolute Gasteiger partial charge is 0.381 e. The first-order chi connectivity index (χ1) is 13.2. The van der Waals surface area contributed by atoms with Crippen molar-refractivity contribution in [1.29, 1.82) is 0 Å². The van der Waals surface area contributed by atoms with Gasteiger partial charge in [0.15, 0.2) is 11.0 Å². The third kappa shape index (κ3) is 3.30. The van der Waals surface area contributed by atoms with E-state index in [-0.39, 0.29) is 5.92 Å². The molecular weight excluding hydrogens is 384 g/mol. The Balaban J connectivity index is 1.21. The number of ether oxygens (including phenoxy) is 1. The lowest BCUT2D eigenvalue weighted by Gasteiger charge is -2.27. The summed E-state index contributed by atoms with van der Waals surface area (Å²) in [6.45, 7) is 3.25. The molecule has 2 aromatic heterocycles. The first-order valence-corrected chi connectivity index (χ1v) is 11.0. The van der Waals surface area contributed by atoms with Gasteiger partial charge in [-0.2, -0.15) is 0 Å². The molecule has 5 rings (SSSR count). The van der Waals surface area contributed by atoms with Gasteiger partial charge in [0.25, 0.3) is 0 Å². The lowest BCUT2D eigenvalue weighted by atomic mass is 9.98. The molecule has 4 heterocycles. The lowest BCUT2D eigenvalue weighted by Crippen LogP contribution is -2.38. The van der Waals surface area contributed by atoms with Crippen molar-refractivity contribution in [2.75, 3.05) is 31.6 Å². The van der Waals surface area contributed by atoms with Crippen molar-refractivity contribution in [2.24, 2.45) is 17.8 Å². The molecule has 0 aromatic carbocycles. The monoisotopic (exact) mass is 406 g/mol. The number of likely N-dealkylation sites (tertiary alicyclic amines) is 1. The molecule has 2 unspecified atom stereocenters. The fourth-order valence-corrected chi connectivity index (χ4v) is 5.99. The summed E-state index contributed by atoms with van der Waals surface area (Å²) < 4.78 is 6.38. The van der Waals surface area contributed by atoms with Gasteiger partial charge < -0.3 is 15.0 Å². The van der Waals surface area contributed by atoms with Gasteiger partial charge in [-0.1, -0.05) is 11.6 Å². The fourth-order valence-electron chi connectivity index (χ4n) is 4.95. The highest BCUT2D eigenvalue weighted by Crippen LogP contribution is 2.41. The van der Waals surface area contributed by atoms with Crippen LogP contribution >= 0.6 is 22.9 Å². The van der Waals surface area contributed by atoms with Crippen molar-refractivity contribution in [1.82, 2.24) is 15.1 Å². The van der Waals surface area contributed by atoms with Gasteiger partial charge in [0.2, 0.25) is 5.91 Å². The van der Waals surface area contributed by atoms with Crippen molar-refractivity contribution in [2.45, 2.75) is 31.7 Å². The Morgan fingerprint density at radius 1 is 1.22 bits per heavy atom. The van der Waals surface area contributed by atoms with E-state index in [2.05, 4.69) is 20.4 Å². The molecule has 8 heteroatoms. The van der Waals surface area contributed by atoms with Crippen LogP contribution < -0.4 is 5.32 Å². The first-order valence-electron chi connectivity index (χ1n) is 9.71. The number of fused-ring (bicyclic) bond motifs is 2. The summed E-state index contributed by atoms with van der Waals surface area (Å²) in [5.41, 5.74) is 0. The van der Waals surface area contributed by atoms with Crippen molar-refractivity contribution in [3.63, 3.8) is 0 Å². The molecule has 6 nitrogen and oxygen atoms in total. The van der Waals surface area contributed by atoms with Gasteiger partial charge >= 0.3 is 0 Å². The Bertz CT molecular complexity index is 839. The van der Waals surface area contributed by atoms with Gasteiger partial charge in [-0.15, -0.1) is 21.5 Å². The minimum absolute atomic E-state index is 0.169. The summed E-state index contributed by atoms with van der Waals surface area (Å²) in [6, 6.07) is 2.44. The van der Waals surface area contributed by atoms with Gasteiger partial charge in [0.05, 0.1) is 4.70 Å². The number of nitrogens with zero attached hydrogens (tertiary/aromatic N) is 3. The molecule has 2 saturated heterocycles. The van der Waals surface area contributed by atoms with Crippen LogP contribution in [0.2, 0.25) is 5.15 Å². The number of carbonyl (C=O) groups is 1. The second-order valence-corrected chi connectivity index (χ2v) is 9.24. The predicted molar refractivity (Wildman–Crippen MR) is 106 cm³/mol. The molecule has 2 aromatic rings. The highest BCUT2D eigenvalue weighted by Gasteiger charge is 2.43. The molecule has 0 radical (unpaired) electrons. The quantitative estimate of drug-likeness (QED) is 0.845. The molecule has 27 heavy (non-hydrogen) atoms. The molecular formula is C19H23ClN4O2S. The Kier molecular flexibility index (Phi) is 4.70. The van der Waals surface area contributed by atoms with E-state index in [0.717, 1.165) is 67.9 Å². The average molecular weight is 407 g/mol. The van der Waals surface area contributed by atoms with Crippen LogP contribution in [0.15, 0.2) is 11.4 Å². The minimum atomic E-state index is 0.169. The zero-order valence-electron chi connectivity index (χ0n) is 15.1. The van der Waals surface area contributed by atoms with Crippen LogP contribution in [0, 0.1) is 17.8 Å². The van der Waals surface area contributed by atoms with Crippen LogP contribution in [0.25, 0.3) is 10.1 Å². The number of halogens is 1. The number of hydrogen-bond acceptors (Lipinski definition) is 6. The molecule has 0 spiro atoms. The van der Waals surface area contributed by atoms with E-state index < -0.39 is 0 Å². The topological polar surface area (TPSA) is 67.3 Å². The summed E-state index contributed by atoms with van der Waals surface area (Å²) in [6.07, 6.45) is 3.91. The maximum atomic E-state index is 12.8. The molecule has 1 aliphatic carbocycles. The highest BCUT2D eigenvalue weighted by molar-refractivity contribution is 7.17. The molecule has 3 fully saturated rings. The number of thiophene rings is 1. The van der Waals surface area contributed by atoms with E-state index in [4.69, 9.17) is 16.3 Å². The second-order valence-electron chi connectivity index (χ2n) is 7.97. The van der Waals surface area contributed by atoms with Gasteiger partial charge in [-0.25, -0.2) is 0 Å². The van der Waals surface area contributed by atoms with Gasteiger partial charge in [0, 0.05) is 43.6 Å². The van der Waals surface area contributed by atoms with Crippen molar-refractivity contribution >= 4 is 44.7 Å². The van der Waals surface area contributed by atoms with Crippen LogP contribution in [0.4, 0.5) is 5.82 Å². The summed E-state index contributed by atoms with van der Waals surface area (Å²) in [5.74, 6) is 2.52. The first kappa shape index (κ1) is 17.6. The van der Waals surface area contributed by atoms with Crippen molar-refractivity contribution < 1.29 is 9.53 Å². The summed E-state index contributed by atoms with van der Waals surface area (Å²) >= 11 is 7.73. The molecule has 3 aliphatic rings. The summed E-state index contributed by atoms with van der Waals surface area (Å²) in [5, 5.41) is 15.5. The van der Waals surface area contributed by atoms with E-state index in [1.165, 1.54) is 0 Å². The fraction of sp³-hybridized carbons (Fsp3) is 0.632. The van der Waals surface area contributed by atoms with Gasteiger partial charge in [-0.05, 0) is 49.0 Å². The number of hydrogen-bond donors (Lipinski definition) is 1. The molecule has 2 aliphatic heterocycles. The van der Waals surface area contributed by atoms with E-state index in [1.54, 1.807) is 11.3 Å². The molecule has 1 N–H and O–H groups in total. The number of anilines is 1. The third-order valence-corrected chi connectivity index (χ3v) is 7.62.